The number of hydrogen-bond donors (Lipinski definition) is 3. The van der Waals surface area contributed by atoms with Gasteiger partial charge < -0.3 is 20.3 Å². The Balaban J connectivity index is 3.36. The highest BCUT2D eigenvalue weighted by Crippen LogP contribution is 2.20. The average molecular weight is 1210 g/mol. The van der Waals surface area contributed by atoms with Crippen LogP contribution in [0, 0.1) is 0 Å². The van der Waals surface area contributed by atoms with Crippen LogP contribution >= 0.6 is 0 Å². The van der Waals surface area contributed by atoms with Gasteiger partial charge in [0.1, 0.15) is 0 Å². The van der Waals surface area contributed by atoms with Gasteiger partial charge in [0.15, 0.2) is 0 Å². The van der Waals surface area contributed by atoms with Crippen molar-refractivity contribution in [3.8, 4) is 0 Å². The Labute approximate surface area is 539 Å². The van der Waals surface area contributed by atoms with Crippen molar-refractivity contribution in [2.75, 3.05) is 13.2 Å². The monoisotopic (exact) mass is 1210 g/mol. The molecule has 510 valence electrons. The molecule has 0 rings (SSSR count). The molecule has 0 radical (unpaired) electrons. The fraction of sp³-hybridized carbons (Fsp3) is 0.925. The predicted octanol–water partition coefficient (Wildman–Crippen LogP) is 26.0. The summed E-state index contributed by atoms with van der Waals surface area (Å²) in [5.41, 5.74) is 0. The van der Waals surface area contributed by atoms with Crippen molar-refractivity contribution in [2.24, 2.45) is 0 Å². The first-order valence-electron chi connectivity index (χ1n) is 39.6. The number of aliphatic hydroxyl groups excluding tert-OH is 2. The van der Waals surface area contributed by atoms with E-state index in [0.717, 1.165) is 44.9 Å². The van der Waals surface area contributed by atoms with Gasteiger partial charge in [-0.1, -0.05) is 385 Å². The van der Waals surface area contributed by atoms with Crippen molar-refractivity contribution >= 4 is 11.9 Å². The Morgan fingerprint density at radius 2 is 0.547 bits per heavy atom. The van der Waals surface area contributed by atoms with Crippen LogP contribution in [0.15, 0.2) is 24.3 Å². The van der Waals surface area contributed by atoms with E-state index in [1.54, 1.807) is 0 Å². The number of unbranched alkanes of at least 4 members (excludes halogenated alkanes) is 60. The smallest absolute Gasteiger partial charge is 0.305 e. The molecule has 0 aromatic heterocycles. The standard InChI is InChI=1S/C80H155NO5/c1-3-5-7-9-11-13-15-17-19-21-23-24-34-37-40-44-48-52-56-60-64-68-72-78(83)77(76-82)81-79(84)73-69-65-61-57-53-49-45-41-38-35-32-30-28-26-25-27-29-31-33-36-39-43-47-51-55-59-63-67-71-75-86-80(85)74-70-66-62-58-54-50-46-42-22-20-18-16-14-12-10-8-6-4-2/h20,22,25,27,77-78,82-83H,3-19,21,23-24,26,28-76H2,1-2H3,(H,81,84)/b22-20-,27-25-. The lowest BCUT2D eigenvalue weighted by Gasteiger charge is -2.22. The van der Waals surface area contributed by atoms with Gasteiger partial charge in [0.05, 0.1) is 25.4 Å². The van der Waals surface area contributed by atoms with Gasteiger partial charge in [0.2, 0.25) is 5.91 Å². The molecule has 0 spiro atoms. The van der Waals surface area contributed by atoms with Gasteiger partial charge in [-0.2, -0.15) is 0 Å². The molecule has 2 atom stereocenters. The number of rotatable bonds is 75. The van der Waals surface area contributed by atoms with Gasteiger partial charge >= 0.3 is 5.97 Å². The largest absolute Gasteiger partial charge is 0.466 e. The van der Waals surface area contributed by atoms with Crippen LogP contribution in [0.1, 0.15) is 450 Å². The molecule has 0 aliphatic heterocycles. The van der Waals surface area contributed by atoms with E-state index in [2.05, 4.69) is 43.5 Å². The molecule has 0 saturated heterocycles. The Kier molecular flexibility index (Phi) is 74.3. The van der Waals surface area contributed by atoms with Crippen LogP contribution in [0.3, 0.4) is 0 Å². The highest BCUT2D eigenvalue weighted by atomic mass is 16.5. The molecular weight excluding hydrogens is 1050 g/mol. The summed E-state index contributed by atoms with van der Waals surface area (Å²) in [6.07, 6.45) is 96.9. The summed E-state index contributed by atoms with van der Waals surface area (Å²) in [5, 5.41) is 23.5. The molecule has 6 heteroatoms. The third kappa shape index (κ3) is 71.4. The minimum atomic E-state index is -0.665. The maximum atomic E-state index is 12.6. The van der Waals surface area contributed by atoms with Crippen LogP contribution in [-0.2, 0) is 14.3 Å². The van der Waals surface area contributed by atoms with Crippen molar-refractivity contribution < 1.29 is 24.5 Å². The van der Waals surface area contributed by atoms with E-state index in [4.69, 9.17) is 4.74 Å². The van der Waals surface area contributed by atoms with E-state index < -0.39 is 12.1 Å². The second-order valence-corrected chi connectivity index (χ2v) is 27.4. The highest BCUT2D eigenvalue weighted by molar-refractivity contribution is 5.76. The Morgan fingerprint density at radius 3 is 0.826 bits per heavy atom. The number of hydrogen-bond acceptors (Lipinski definition) is 5. The number of amides is 1. The SMILES string of the molecule is CCCCCCCCC/C=C\CCCCCCCCCC(=O)OCCCCCCCCCCCCCC/C=C\CCCCCCCCCCCCCCCC(=O)NC(CO)C(O)CCCCCCCCCCCCCCCCCCCCCCCC. The number of nitrogens with one attached hydrogen (secondary N) is 1. The Hall–Kier alpha value is -1.66. The average Bonchev–Trinajstić information content (AvgIpc) is 3.53. The van der Waals surface area contributed by atoms with Crippen LogP contribution in [0.25, 0.3) is 0 Å². The number of carbonyl (C=O) groups is 2. The minimum Gasteiger partial charge on any atom is -0.466 e. The zero-order valence-electron chi connectivity index (χ0n) is 58.6. The molecule has 0 heterocycles. The second-order valence-electron chi connectivity index (χ2n) is 27.4. The van der Waals surface area contributed by atoms with Crippen molar-refractivity contribution in [1.82, 2.24) is 5.32 Å². The Bertz CT molecular complexity index is 1350. The third-order valence-corrected chi connectivity index (χ3v) is 18.7. The summed E-state index contributed by atoms with van der Waals surface area (Å²) >= 11 is 0. The van der Waals surface area contributed by atoms with Gasteiger partial charge in [-0.25, -0.2) is 0 Å². The summed E-state index contributed by atoms with van der Waals surface area (Å²) in [6.45, 7) is 5.00. The summed E-state index contributed by atoms with van der Waals surface area (Å²) in [4.78, 5) is 24.7. The number of carbonyl (C=O) groups excluding carboxylic acids is 2. The summed E-state index contributed by atoms with van der Waals surface area (Å²) in [7, 11) is 0. The number of ether oxygens (including phenoxy) is 1. The molecule has 0 aliphatic carbocycles. The molecule has 86 heavy (non-hydrogen) atoms. The second kappa shape index (κ2) is 75.8. The first-order chi connectivity index (χ1) is 42.5. The topological polar surface area (TPSA) is 95.9 Å². The lowest BCUT2D eigenvalue weighted by atomic mass is 10.0. The van der Waals surface area contributed by atoms with Crippen LogP contribution < -0.4 is 5.32 Å². The van der Waals surface area contributed by atoms with Gasteiger partial charge in [-0.15, -0.1) is 0 Å². The first kappa shape index (κ1) is 84.3. The maximum Gasteiger partial charge on any atom is 0.305 e. The molecule has 0 aliphatic rings. The maximum absolute atomic E-state index is 12.6. The summed E-state index contributed by atoms with van der Waals surface area (Å²) in [5.74, 6) is -0.0141. The number of aliphatic hydroxyl groups is 2. The molecule has 1 amide bonds. The summed E-state index contributed by atoms with van der Waals surface area (Å²) < 4.78 is 5.51. The van der Waals surface area contributed by atoms with Gasteiger partial charge in [-0.05, 0) is 77.0 Å². The van der Waals surface area contributed by atoms with Crippen molar-refractivity contribution in [3.05, 3.63) is 24.3 Å². The molecule has 0 aromatic rings. The molecule has 0 saturated carbocycles. The highest BCUT2D eigenvalue weighted by Gasteiger charge is 2.20. The van der Waals surface area contributed by atoms with Gasteiger partial charge in [0, 0.05) is 12.8 Å². The first-order valence-corrected chi connectivity index (χ1v) is 39.6. The number of esters is 1. The minimum absolute atomic E-state index is 0.0148. The lowest BCUT2D eigenvalue weighted by Crippen LogP contribution is -2.45. The Morgan fingerprint density at radius 1 is 0.314 bits per heavy atom. The van der Waals surface area contributed by atoms with Gasteiger partial charge in [-0.3, -0.25) is 9.59 Å². The molecular formula is C80H155NO5. The predicted molar refractivity (Wildman–Crippen MR) is 380 cm³/mol. The molecule has 0 bridgehead atoms. The molecule has 3 N–H and O–H groups in total. The molecule has 0 fully saturated rings. The van der Waals surface area contributed by atoms with E-state index in [1.807, 2.05) is 0 Å². The fourth-order valence-electron chi connectivity index (χ4n) is 12.7. The van der Waals surface area contributed by atoms with E-state index in [9.17, 15) is 19.8 Å². The van der Waals surface area contributed by atoms with Crippen molar-refractivity contribution in [3.63, 3.8) is 0 Å². The normalized spacial score (nSPS) is 12.6. The third-order valence-electron chi connectivity index (χ3n) is 18.7. The van der Waals surface area contributed by atoms with Crippen LogP contribution in [0.2, 0.25) is 0 Å². The van der Waals surface area contributed by atoms with E-state index in [0.29, 0.717) is 25.9 Å². The quantitative estimate of drug-likeness (QED) is 0.0320. The molecule has 6 nitrogen and oxygen atoms in total. The lowest BCUT2D eigenvalue weighted by molar-refractivity contribution is -0.143. The van der Waals surface area contributed by atoms with Crippen molar-refractivity contribution in [1.29, 1.82) is 0 Å². The van der Waals surface area contributed by atoms with Crippen LogP contribution in [0.4, 0.5) is 0 Å². The zero-order valence-corrected chi connectivity index (χ0v) is 58.6. The number of allylic oxidation sites excluding steroid dienone is 4. The van der Waals surface area contributed by atoms with Crippen LogP contribution in [0.5, 0.6) is 0 Å². The van der Waals surface area contributed by atoms with Crippen molar-refractivity contribution in [2.45, 2.75) is 463 Å². The summed E-state index contributed by atoms with van der Waals surface area (Å²) in [6, 6.07) is -0.542. The van der Waals surface area contributed by atoms with Crippen LogP contribution in [-0.4, -0.2) is 47.4 Å². The molecule has 0 aromatic carbocycles. The fourth-order valence-corrected chi connectivity index (χ4v) is 12.7. The molecule has 2 unspecified atom stereocenters. The zero-order chi connectivity index (χ0) is 62.0. The van der Waals surface area contributed by atoms with E-state index in [1.165, 1.54) is 372 Å². The van der Waals surface area contributed by atoms with E-state index in [-0.39, 0.29) is 18.5 Å². The van der Waals surface area contributed by atoms with E-state index >= 15 is 0 Å². The van der Waals surface area contributed by atoms with Gasteiger partial charge in [0.25, 0.3) is 0 Å².